The molecule has 2 aromatic carbocycles. The Bertz CT molecular complexity index is 915. The van der Waals surface area contributed by atoms with Crippen LogP contribution in [0.1, 0.15) is 28.7 Å². The van der Waals surface area contributed by atoms with E-state index < -0.39 is 5.54 Å². The second kappa shape index (κ2) is 5.75. The highest BCUT2D eigenvalue weighted by Crippen LogP contribution is 2.34. The lowest BCUT2D eigenvalue weighted by Gasteiger charge is -2.32. The van der Waals surface area contributed by atoms with Crippen molar-refractivity contribution in [2.75, 3.05) is 0 Å². The molecule has 1 N–H and O–H groups in total. The van der Waals surface area contributed by atoms with Crippen LogP contribution in [0, 0.1) is 11.3 Å². The summed E-state index contributed by atoms with van der Waals surface area (Å²) >= 11 is 0. The van der Waals surface area contributed by atoms with Crippen LogP contribution in [-0.4, -0.2) is 22.4 Å². The Labute approximate surface area is 145 Å². The van der Waals surface area contributed by atoms with Crippen molar-refractivity contribution >= 4 is 11.9 Å². The third-order valence-corrected chi connectivity index (χ3v) is 5.07. The monoisotopic (exact) mass is 331 g/mol. The normalized spacial score (nSPS) is 21.8. The summed E-state index contributed by atoms with van der Waals surface area (Å²) in [4.78, 5) is 26.8. The largest absolute Gasteiger partial charge is 0.325 e. The van der Waals surface area contributed by atoms with Crippen molar-refractivity contribution in [1.82, 2.24) is 10.2 Å². The highest BCUT2D eigenvalue weighted by atomic mass is 16.2. The smallest absolute Gasteiger partial charge is 0.323 e. The number of hydrogen-bond donors (Lipinski definition) is 1. The van der Waals surface area contributed by atoms with Crippen LogP contribution >= 0.6 is 0 Å². The molecule has 1 heterocycles. The number of imide groups is 1. The van der Waals surface area contributed by atoms with Gasteiger partial charge in [-0.25, -0.2) is 4.79 Å². The summed E-state index contributed by atoms with van der Waals surface area (Å²) in [6, 6.07) is 16.8. The molecule has 0 aromatic heterocycles. The summed E-state index contributed by atoms with van der Waals surface area (Å²) < 4.78 is 0. The number of urea groups is 1. The fraction of sp³-hybridized carbons (Fsp3) is 0.250. The van der Waals surface area contributed by atoms with E-state index in [9.17, 15) is 9.59 Å². The Morgan fingerprint density at radius 1 is 1.12 bits per heavy atom. The predicted molar refractivity (Wildman–Crippen MR) is 91.4 cm³/mol. The molecule has 2 aliphatic rings. The number of nitriles is 1. The number of nitrogens with zero attached hydrogens (tertiary/aromatic N) is 2. The minimum Gasteiger partial charge on any atom is -0.323 e. The van der Waals surface area contributed by atoms with Gasteiger partial charge >= 0.3 is 6.03 Å². The molecule has 1 fully saturated rings. The molecule has 0 radical (unpaired) electrons. The fourth-order valence-corrected chi connectivity index (χ4v) is 3.77. The topological polar surface area (TPSA) is 73.2 Å². The van der Waals surface area contributed by atoms with E-state index in [-0.39, 0.29) is 18.5 Å². The van der Waals surface area contributed by atoms with Crippen LogP contribution in [0.25, 0.3) is 0 Å². The molecule has 3 amide bonds. The van der Waals surface area contributed by atoms with E-state index in [2.05, 4.69) is 17.5 Å². The maximum absolute atomic E-state index is 13.0. The molecule has 5 heteroatoms. The zero-order valence-corrected chi connectivity index (χ0v) is 13.7. The molecule has 1 saturated heterocycles. The molecule has 4 rings (SSSR count). The number of benzene rings is 2. The van der Waals surface area contributed by atoms with Gasteiger partial charge < -0.3 is 5.32 Å². The summed E-state index contributed by atoms with van der Waals surface area (Å²) in [6.07, 6.45) is 1.92. The number of carbonyl (C=O) groups is 2. The van der Waals surface area contributed by atoms with E-state index in [0.717, 1.165) is 17.5 Å². The molecule has 25 heavy (non-hydrogen) atoms. The van der Waals surface area contributed by atoms with Crippen LogP contribution in [0.2, 0.25) is 0 Å². The molecule has 1 aliphatic heterocycles. The number of fused-ring (bicyclic) bond motifs is 1. The summed E-state index contributed by atoms with van der Waals surface area (Å²) in [5.41, 5.74) is 2.82. The van der Waals surface area contributed by atoms with Gasteiger partial charge in [-0.2, -0.15) is 5.26 Å². The highest BCUT2D eigenvalue weighted by molar-refractivity contribution is 6.07. The molecule has 0 bridgehead atoms. The van der Waals surface area contributed by atoms with Crippen molar-refractivity contribution in [3.63, 3.8) is 0 Å². The van der Waals surface area contributed by atoms with E-state index >= 15 is 0 Å². The SMILES string of the molecule is N#Cc1cccc(CN2C(=O)NC3(CCc4ccccc4C3)C2=O)c1. The molecule has 0 saturated carbocycles. The van der Waals surface area contributed by atoms with Crippen molar-refractivity contribution in [3.8, 4) is 6.07 Å². The Hall–Kier alpha value is -3.13. The molecule has 5 nitrogen and oxygen atoms in total. The van der Waals surface area contributed by atoms with Crippen molar-refractivity contribution in [2.45, 2.75) is 31.3 Å². The van der Waals surface area contributed by atoms with Crippen LogP contribution in [0.5, 0.6) is 0 Å². The second-order valence-electron chi connectivity index (χ2n) is 6.66. The Morgan fingerprint density at radius 2 is 1.92 bits per heavy atom. The first kappa shape index (κ1) is 15.4. The van der Waals surface area contributed by atoms with E-state index in [0.29, 0.717) is 18.4 Å². The van der Waals surface area contributed by atoms with E-state index in [1.54, 1.807) is 18.2 Å². The Kier molecular flexibility index (Phi) is 3.54. The zero-order chi connectivity index (χ0) is 17.4. The first-order chi connectivity index (χ1) is 12.1. The van der Waals surface area contributed by atoms with Gasteiger partial charge in [0.2, 0.25) is 0 Å². The van der Waals surface area contributed by atoms with Crippen molar-refractivity contribution < 1.29 is 9.59 Å². The second-order valence-corrected chi connectivity index (χ2v) is 6.66. The zero-order valence-electron chi connectivity index (χ0n) is 13.7. The van der Waals surface area contributed by atoms with Gasteiger partial charge in [0.25, 0.3) is 5.91 Å². The molecule has 124 valence electrons. The minimum atomic E-state index is -0.835. The average Bonchev–Trinajstić information content (AvgIpc) is 2.86. The van der Waals surface area contributed by atoms with Crippen LogP contribution in [0.3, 0.4) is 0 Å². The number of carbonyl (C=O) groups excluding carboxylic acids is 2. The molecule has 1 atom stereocenters. The average molecular weight is 331 g/mol. The number of nitrogens with one attached hydrogen (secondary N) is 1. The molecule has 2 aromatic rings. The molecule has 1 unspecified atom stereocenters. The third kappa shape index (κ3) is 2.56. The summed E-state index contributed by atoms with van der Waals surface area (Å²) in [5, 5.41) is 11.9. The molecular weight excluding hydrogens is 314 g/mol. The fourth-order valence-electron chi connectivity index (χ4n) is 3.77. The predicted octanol–water partition coefficient (Wildman–Crippen LogP) is 2.54. The Balaban J connectivity index is 1.60. The van der Waals surface area contributed by atoms with Crippen molar-refractivity contribution in [2.24, 2.45) is 0 Å². The van der Waals surface area contributed by atoms with Crippen LogP contribution in [0.4, 0.5) is 4.79 Å². The van der Waals surface area contributed by atoms with Gasteiger partial charge in [-0.05, 0) is 41.7 Å². The van der Waals surface area contributed by atoms with Gasteiger partial charge in [0.05, 0.1) is 18.2 Å². The van der Waals surface area contributed by atoms with Crippen molar-refractivity contribution in [3.05, 3.63) is 70.8 Å². The van der Waals surface area contributed by atoms with Crippen LogP contribution in [-0.2, 0) is 24.2 Å². The lowest BCUT2D eigenvalue weighted by molar-refractivity contribution is -0.132. The molecule has 1 aliphatic carbocycles. The van der Waals surface area contributed by atoms with Crippen LogP contribution in [0.15, 0.2) is 48.5 Å². The first-order valence-electron chi connectivity index (χ1n) is 8.31. The van der Waals surface area contributed by atoms with E-state index in [1.807, 2.05) is 24.3 Å². The molecular formula is C20H17N3O2. The standard InChI is InChI=1S/C20H17N3O2/c21-12-14-4-3-5-15(10-14)13-23-18(24)20(22-19(23)25)9-8-16-6-1-2-7-17(16)11-20/h1-7,10H,8-9,11,13H2,(H,22,25). The number of amides is 3. The maximum Gasteiger partial charge on any atom is 0.325 e. The van der Waals surface area contributed by atoms with Gasteiger partial charge in [0.15, 0.2) is 0 Å². The van der Waals surface area contributed by atoms with Gasteiger partial charge in [0, 0.05) is 6.42 Å². The van der Waals surface area contributed by atoms with Gasteiger partial charge in [-0.15, -0.1) is 0 Å². The molecule has 1 spiro atoms. The number of rotatable bonds is 2. The summed E-state index contributed by atoms with van der Waals surface area (Å²) in [6.45, 7) is 0.184. The van der Waals surface area contributed by atoms with Crippen molar-refractivity contribution in [1.29, 1.82) is 5.26 Å². The van der Waals surface area contributed by atoms with Gasteiger partial charge in [-0.1, -0.05) is 36.4 Å². The summed E-state index contributed by atoms with van der Waals surface area (Å²) in [7, 11) is 0. The number of hydrogen-bond acceptors (Lipinski definition) is 3. The first-order valence-corrected chi connectivity index (χ1v) is 8.31. The van der Waals surface area contributed by atoms with Crippen LogP contribution < -0.4 is 5.32 Å². The third-order valence-electron chi connectivity index (χ3n) is 5.07. The quantitative estimate of drug-likeness (QED) is 0.860. The van der Waals surface area contributed by atoms with E-state index in [4.69, 9.17) is 5.26 Å². The van der Waals surface area contributed by atoms with E-state index in [1.165, 1.54) is 10.5 Å². The van der Waals surface area contributed by atoms with Gasteiger partial charge in [0.1, 0.15) is 5.54 Å². The maximum atomic E-state index is 13.0. The Morgan fingerprint density at radius 3 is 2.72 bits per heavy atom. The lowest BCUT2D eigenvalue weighted by atomic mass is 9.78. The lowest BCUT2D eigenvalue weighted by Crippen LogP contribution is -2.51. The highest BCUT2D eigenvalue weighted by Gasteiger charge is 2.52. The minimum absolute atomic E-state index is 0.172. The van der Waals surface area contributed by atoms with Gasteiger partial charge in [-0.3, -0.25) is 9.69 Å². The summed E-state index contributed by atoms with van der Waals surface area (Å²) in [5.74, 6) is -0.172. The number of aryl methyl sites for hydroxylation is 1.